The van der Waals surface area contributed by atoms with Crippen LogP contribution in [0.4, 0.5) is 5.69 Å². The number of carboxylic acids is 1. The van der Waals surface area contributed by atoms with E-state index < -0.39 is 16.2 Å². The molecule has 0 saturated heterocycles. The van der Waals surface area contributed by atoms with E-state index in [0.717, 1.165) is 10.7 Å². The molecule has 0 unspecified atom stereocenters. The number of rotatable bonds is 8. The number of carbonyl (C=O) groups is 1. The lowest BCUT2D eigenvalue weighted by Gasteiger charge is -2.18. The Bertz CT molecular complexity index is 653. The summed E-state index contributed by atoms with van der Waals surface area (Å²) in [7, 11) is -2.56. The molecule has 1 aromatic heterocycles. The number of aromatic nitrogens is 1. The van der Waals surface area contributed by atoms with Gasteiger partial charge in [0.15, 0.2) is 0 Å². The van der Waals surface area contributed by atoms with Crippen molar-refractivity contribution >= 4 is 21.9 Å². The lowest BCUT2D eigenvalue weighted by atomic mass is 10.4. The maximum atomic E-state index is 12.0. The topological polar surface area (TPSA) is 109 Å². The molecule has 1 rings (SSSR count). The van der Waals surface area contributed by atoms with Gasteiger partial charge in [0.2, 0.25) is 0 Å². The van der Waals surface area contributed by atoms with Gasteiger partial charge in [-0.05, 0) is 12.5 Å². The van der Waals surface area contributed by atoms with E-state index in [9.17, 15) is 18.0 Å². The highest BCUT2D eigenvalue weighted by atomic mass is 32.2. The Morgan fingerprint density at radius 1 is 1.43 bits per heavy atom. The monoisotopic (exact) mass is 317 g/mol. The molecule has 1 aromatic rings. The summed E-state index contributed by atoms with van der Waals surface area (Å²) in [5, 5.41) is 8.56. The highest BCUT2D eigenvalue weighted by Gasteiger charge is 2.18. The first-order valence-corrected chi connectivity index (χ1v) is 7.86. The van der Waals surface area contributed by atoms with Gasteiger partial charge in [0, 0.05) is 32.4 Å². The Kier molecular flexibility index (Phi) is 5.91. The fourth-order valence-electron chi connectivity index (χ4n) is 1.61. The third-order valence-electron chi connectivity index (χ3n) is 2.75. The van der Waals surface area contributed by atoms with Crippen LogP contribution in [0.25, 0.3) is 0 Å². The summed E-state index contributed by atoms with van der Waals surface area (Å²) >= 11 is 0. The van der Waals surface area contributed by atoms with Crippen molar-refractivity contribution in [3.05, 3.63) is 28.7 Å². The van der Waals surface area contributed by atoms with Crippen molar-refractivity contribution in [3.8, 4) is 0 Å². The SMILES string of the molecule is CCCn1cc(NS(=O)(=O)N(C)CCC(=O)O)ccc1=O. The molecule has 0 aromatic carbocycles. The fourth-order valence-corrected chi connectivity index (χ4v) is 2.51. The van der Waals surface area contributed by atoms with Gasteiger partial charge in [-0.15, -0.1) is 0 Å². The van der Waals surface area contributed by atoms with Crippen LogP contribution in [-0.4, -0.2) is 42.0 Å². The molecule has 0 atom stereocenters. The fraction of sp³-hybridized carbons (Fsp3) is 0.500. The Hall–Kier alpha value is -1.87. The molecule has 2 N–H and O–H groups in total. The molecule has 21 heavy (non-hydrogen) atoms. The third-order valence-corrected chi connectivity index (χ3v) is 4.24. The standard InChI is InChI=1S/C12H19N3O5S/c1-3-7-15-9-10(4-5-11(15)16)13-21(19,20)14(2)8-6-12(17)18/h4-5,9,13H,3,6-8H2,1-2H3,(H,17,18). The molecule has 0 fully saturated rings. The zero-order chi connectivity index (χ0) is 16.0. The summed E-state index contributed by atoms with van der Waals surface area (Å²) in [6.07, 6.45) is 1.88. The van der Waals surface area contributed by atoms with Crippen molar-refractivity contribution in [3.63, 3.8) is 0 Å². The second-order valence-corrected chi connectivity index (χ2v) is 6.30. The molecule has 0 aliphatic carbocycles. The molecule has 0 amide bonds. The second kappa shape index (κ2) is 7.23. The molecule has 0 radical (unpaired) electrons. The van der Waals surface area contributed by atoms with E-state index in [-0.39, 0.29) is 24.2 Å². The van der Waals surface area contributed by atoms with Gasteiger partial charge in [-0.1, -0.05) is 6.92 Å². The number of carboxylic acid groups (broad SMARTS) is 1. The number of anilines is 1. The number of pyridine rings is 1. The molecular formula is C12H19N3O5S. The van der Waals surface area contributed by atoms with E-state index >= 15 is 0 Å². The van der Waals surface area contributed by atoms with Crippen molar-refractivity contribution in [2.45, 2.75) is 26.3 Å². The number of nitrogens with one attached hydrogen (secondary N) is 1. The third kappa shape index (κ3) is 5.20. The number of hydrogen-bond donors (Lipinski definition) is 2. The van der Waals surface area contributed by atoms with Crippen molar-refractivity contribution in [2.24, 2.45) is 0 Å². The minimum atomic E-state index is -3.85. The van der Waals surface area contributed by atoms with Gasteiger partial charge in [-0.3, -0.25) is 14.3 Å². The van der Waals surface area contributed by atoms with Crippen molar-refractivity contribution in [1.82, 2.24) is 8.87 Å². The van der Waals surface area contributed by atoms with Crippen LogP contribution in [0.2, 0.25) is 0 Å². The predicted molar refractivity (Wildman–Crippen MR) is 78.4 cm³/mol. The van der Waals surface area contributed by atoms with Gasteiger partial charge in [0.1, 0.15) is 0 Å². The Morgan fingerprint density at radius 3 is 2.67 bits per heavy atom. The Labute approximate surface area is 123 Å². The van der Waals surface area contributed by atoms with Gasteiger partial charge >= 0.3 is 16.2 Å². The van der Waals surface area contributed by atoms with Crippen LogP contribution in [0.5, 0.6) is 0 Å². The highest BCUT2D eigenvalue weighted by molar-refractivity contribution is 7.90. The normalized spacial score (nSPS) is 11.6. The zero-order valence-corrected chi connectivity index (χ0v) is 12.8. The lowest BCUT2D eigenvalue weighted by molar-refractivity contribution is -0.137. The number of aliphatic carboxylic acids is 1. The lowest BCUT2D eigenvalue weighted by Crippen LogP contribution is -2.34. The average Bonchev–Trinajstić information content (AvgIpc) is 2.39. The first kappa shape index (κ1) is 17.2. The van der Waals surface area contributed by atoms with E-state index in [4.69, 9.17) is 5.11 Å². The Morgan fingerprint density at radius 2 is 2.10 bits per heavy atom. The van der Waals surface area contributed by atoms with Gasteiger partial charge < -0.3 is 9.67 Å². The summed E-state index contributed by atoms with van der Waals surface area (Å²) in [5.74, 6) is -1.08. The van der Waals surface area contributed by atoms with E-state index in [1.165, 1.54) is 29.9 Å². The first-order valence-electron chi connectivity index (χ1n) is 6.42. The summed E-state index contributed by atoms with van der Waals surface area (Å²) < 4.78 is 28.6. The number of hydrogen-bond acceptors (Lipinski definition) is 4. The van der Waals surface area contributed by atoms with E-state index in [0.29, 0.717) is 6.54 Å². The average molecular weight is 317 g/mol. The molecule has 1 heterocycles. The maximum Gasteiger partial charge on any atom is 0.304 e. The maximum absolute atomic E-state index is 12.0. The predicted octanol–water partition coefficient (Wildman–Crippen LogP) is 0.321. The molecule has 118 valence electrons. The summed E-state index contributed by atoms with van der Waals surface area (Å²) in [6.45, 7) is 2.26. The highest BCUT2D eigenvalue weighted by Crippen LogP contribution is 2.09. The molecule has 8 nitrogen and oxygen atoms in total. The molecule has 0 aliphatic heterocycles. The van der Waals surface area contributed by atoms with Crippen LogP contribution in [-0.2, 0) is 21.5 Å². The summed E-state index contributed by atoms with van der Waals surface area (Å²) in [4.78, 5) is 22.0. The van der Waals surface area contributed by atoms with Crippen LogP contribution in [0.1, 0.15) is 19.8 Å². The van der Waals surface area contributed by atoms with E-state index in [2.05, 4.69) is 4.72 Å². The van der Waals surface area contributed by atoms with Crippen LogP contribution < -0.4 is 10.3 Å². The van der Waals surface area contributed by atoms with E-state index in [1.807, 2.05) is 6.92 Å². The van der Waals surface area contributed by atoms with Crippen LogP contribution in [0.3, 0.4) is 0 Å². The first-order chi connectivity index (χ1) is 9.76. The van der Waals surface area contributed by atoms with Gasteiger partial charge in [-0.25, -0.2) is 0 Å². The summed E-state index contributed by atoms with van der Waals surface area (Å²) in [6, 6.07) is 2.65. The van der Waals surface area contributed by atoms with Crippen LogP contribution in [0, 0.1) is 0 Å². The van der Waals surface area contributed by atoms with Crippen molar-refractivity contribution < 1.29 is 18.3 Å². The number of aryl methyl sites for hydroxylation is 1. The van der Waals surface area contributed by atoms with Crippen molar-refractivity contribution in [2.75, 3.05) is 18.3 Å². The van der Waals surface area contributed by atoms with Crippen LogP contribution in [0.15, 0.2) is 23.1 Å². The van der Waals surface area contributed by atoms with Crippen molar-refractivity contribution in [1.29, 1.82) is 0 Å². The smallest absolute Gasteiger partial charge is 0.304 e. The molecule has 0 spiro atoms. The molecule has 0 saturated carbocycles. The number of nitrogens with zero attached hydrogens (tertiary/aromatic N) is 2. The minimum absolute atomic E-state index is 0.140. The molecular weight excluding hydrogens is 298 g/mol. The summed E-state index contributed by atoms with van der Waals surface area (Å²) in [5.41, 5.74) is 0.0456. The molecule has 0 bridgehead atoms. The molecule has 0 aliphatic rings. The largest absolute Gasteiger partial charge is 0.481 e. The van der Waals surface area contributed by atoms with E-state index in [1.54, 1.807) is 0 Å². The van der Waals surface area contributed by atoms with Crippen LogP contribution >= 0.6 is 0 Å². The van der Waals surface area contributed by atoms with Gasteiger partial charge in [0.25, 0.3) is 5.56 Å². The minimum Gasteiger partial charge on any atom is -0.481 e. The Balaban J connectivity index is 2.86. The molecule has 9 heteroatoms. The zero-order valence-electron chi connectivity index (χ0n) is 11.9. The second-order valence-electron chi connectivity index (χ2n) is 4.52. The van der Waals surface area contributed by atoms with Gasteiger partial charge in [-0.2, -0.15) is 12.7 Å². The quantitative estimate of drug-likeness (QED) is 0.718. The van der Waals surface area contributed by atoms with Gasteiger partial charge in [0.05, 0.1) is 12.1 Å².